The molecule has 0 bridgehead atoms. The fraction of sp³-hybridized carbons (Fsp3) is 0.750. The molecule has 1 atom stereocenters. The molecule has 0 aliphatic heterocycles. The van der Waals surface area contributed by atoms with Gasteiger partial charge in [-0.2, -0.15) is 0 Å². The summed E-state index contributed by atoms with van der Waals surface area (Å²) < 4.78 is 5.70. The summed E-state index contributed by atoms with van der Waals surface area (Å²) in [5.41, 5.74) is 0.832. The topological polar surface area (TPSA) is 34.1 Å². The lowest BCUT2D eigenvalue weighted by Crippen LogP contribution is -2.22. The smallest absolute Gasteiger partial charge is 0.124 e. The van der Waals surface area contributed by atoms with Gasteiger partial charge in [-0.05, 0) is 34.2 Å². The summed E-state index contributed by atoms with van der Waals surface area (Å²) in [5, 5.41) is 6.53. The lowest BCUT2D eigenvalue weighted by atomic mass is 10.1. The number of nitrogens with one attached hydrogen (secondary N) is 1. The van der Waals surface area contributed by atoms with Crippen LogP contribution in [0.3, 0.4) is 0 Å². The molecular weight excluding hydrogens is 220 g/mol. The van der Waals surface area contributed by atoms with Crippen LogP contribution in [0.25, 0.3) is 0 Å². The number of ether oxygens (including phenoxy) is 1. The second kappa shape index (κ2) is 5.75. The fourth-order valence-corrected chi connectivity index (χ4v) is 2.58. The van der Waals surface area contributed by atoms with Gasteiger partial charge in [0.05, 0.1) is 5.69 Å². The van der Waals surface area contributed by atoms with Crippen molar-refractivity contribution in [3.8, 4) is 0 Å². The van der Waals surface area contributed by atoms with Crippen LogP contribution in [0.2, 0.25) is 0 Å². The van der Waals surface area contributed by atoms with Crippen LogP contribution in [0.1, 0.15) is 51.4 Å². The van der Waals surface area contributed by atoms with E-state index in [1.807, 2.05) is 6.92 Å². The molecule has 1 unspecified atom stereocenters. The number of hydrogen-bond donors (Lipinski definition) is 1. The first-order valence-electron chi connectivity index (χ1n) is 5.84. The largest absolute Gasteiger partial charge is 0.369 e. The Morgan fingerprint density at radius 3 is 2.75 bits per heavy atom. The van der Waals surface area contributed by atoms with Gasteiger partial charge in [-0.15, -0.1) is 11.3 Å². The second-order valence-corrected chi connectivity index (χ2v) is 5.16. The highest BCUT2D eigenvalue weighted by Crippen LogP contribution is 2.29. The fourth-order valence-electron chi connectivity index (χ4n) is 1.59. The molecule has 0 aliphatic rings. The Hall–Kier alpha value is -0.450. The van der Waals surface area contributed by atoms with Crippen LogP contribution in [0.15, 0.2) is 5.38 Å². The summed E-state index contributed by atoms with van der Waals surface area (Å²) in [6, 6.07) is 0.312. The van der Waals surface area contributed by atoms with E-state index >= 15 is 0 Å². The summed E-state index contributed by atoms with van der Waals surface area (Å²) in [6.07, 6.45) is 0. The van der Waals surface area contributed by atoms with Crippen molar-refractivity contribution in [1.82, 2.24) is 10.3 Å². The molecule has 4 heteroatoms. The van der Waals surface area contributed by atoms with Crippen molar-refractivity contribution in [2.75, 3.05) is 13.2 Å². The first-order valence-corrected chi connectivity index (χ1v) is 6.72. The predicted octanol–water partition coefficient (Wildman–Crippen LogP) is 3.09. The highest BCUT2D eigenvalue weighted by molar-refractivity contribution is 7.09. The number of thiazole rings is 1. The van der Waals surface area contributed by atoms with Gasteiger partial charge in [-0.1, -0.05) is 6.92 Å². The maximum Gasteiger partial charge on any atom is 0.124 e. The molecule has 1 heterocycles. The zero-order chi connectivity index (χ0) is 12.2. The summed E-state index contributed by atoms with van der Waals surface area (Å²) >= 11 is 1.67. The molecule has 1 rings (SSSR count). The number of nitrogens with zero attached hydrogens (tertiary/aromatic N) is 1. The van der Waals surface area contributed by atoms with Gasteiger partial charge in [0.25, 0.3) is 0 Å². The maximum atomic E-state index is 5.70. The Morgan fingerprint density at radius 2 is 2.19 bits per heavy atom. The van der Waals surface area contributed by atoms with Crippen LogP contribution in [0.4, 0.5) is 0 Å². The lowest BCUT2D eigenvalue weighted by molar-refractivity contribution is -0.0142. The van der Waals surface area contributed by atoms with Crippen molar-refractivity contribution >= 4 is 11.3 Å². The van der Waals surface area contributed by atoms with Crippen LogP contribution in [-0.4, -0.2) is 18.1 Å². The molecule has 92 valence electrons. The minimum atomic E-state index is -0.274. The maximum absolute atomic E-state index is 5.70. The van der Waals surface area contributed by atoms with Crippen molar-refractivity contribution in [2.45, 2.75) is 46.3 Å². The monoisotopic (exact) mass is 242 g/mol. The lowest BCUT2D eigenvalue weighted by Gasteiger charge is -2.21. The molecule has 3 nitrogen and oxygen atoms in total. The van der Waals surface area contributed by atoms with Crippen molar-refractivity contribution in [3.05, 3.63) is 16.1 Å². The molecule has 0 aromatic carbocycles. The molecular formula is C12H22N2OS. The molecule has 1 aromatic rings. The highest BCUT2D eigenvalue weighted by Gasteiger charge is 2.25. The number of hydrogen-bond acceptors (Lipinski definition) is 4. The first kappa shape index (κ1) is 13.6. The second-order valence-electron chi connectivity index (χ2n) is 4.30. The van der Waals surface area contributed by atoms with Gasteiger partial charge >= 0.3 is 0 Å². The quantitative estimate of drug-likeness (QED) is 0.832. The Labute approximate surface area is 102 Å². The molecule has 1 N–H and O–H groups in total. The zero-order valence-electron chi connectivity index (χ0n) is 10.8. The van der Waals surface area contributed by atoms with Crippen LogP contribution >= 0.6 is 11.3 Å². The number of rotatable bonds is 6. The molecule has 0 fully saturated rings. The first-order chi connectivity index (χ1) is 7.51. The molecule has 0 spiro atoms. The molecule has 0 saturated carbocycles. The van der Waals surface area contributed by atoms with Gasteiger partial charge in [0.2, 0.25) is 0 Å². The van der Waals surface area contributed by atoms with Gasteiger partial charge < -0.3 is 10.1 Å². The SMILES string of the molecule is CCNC(C)c1csc(C(C)(C)OCC)n1. The third-order valence-electron chi connectivity index (χ3n) is 2.50. The van der Waals surface area contributed by atoms with Gasteiger partial charge in [0, 0.05) is 18.0 Å². The van der Waals surface area contributed by atoms with E-state index in [0.29, 0.717) is 12.6 Å². The van der Waals surface area contributed by atoms with Crippen molar-refractivity contribution in [3.63, 3.8) is 0 Å². The van der Waals surface area contributed by atoms with Crippen LogP contribution in [-0.2, 0) is 10.3 Å². The summed E-state index contributed by atoms with van der Waals surface area (Å²) in [5.74, 6) is 0. The van der Waals surface area contributed by atoms with Crippen molar-refractivity contribution in [2.24, 2.45) is 0 Å². The molecule has 16 heavy (non-hydrogen) atoms. The summed E-state index contributed by atoms with van der Waals surface area (Å²) in [4.78, 5) is 4.65. The highest BCUT2D eigenvalue weighted by atomic mass is 32.1. The summed E-state index contributed by atoms with van der Waals surface area (Å²) in [7, 11) is 0. The van der Waals surface area contributed by atoms with E-state index in [-0.39, 0.29) is 5.60 Å². The van der Waals surface area contributed by atoms with Gasteiger partial charge in [0.15, 0.2) is 0 Å². The normalized spacial score (nSPS) is 14.1. The predicted molar refractivity (Wildman–Crippen MR) is 68.9 cm³/mol. The van der Waals surface area contributed by atoms with E-state index in [4.69, 9.17) is 4.74 Å². The van der Waals surface area contributed by atoms with Gasteiger partial charge in [-0.25, -0.2) is 4.98 Å². The average molecular weight is 242 g/mol. The molecule has 1 aromatic heterocycles. The minimum absolute atomic E-state index is 0.274. The van der Waals surface area contributed by atoms with E-state index < -0.39 is 0 Å². The standard InChI is InChI=1S/C12H22N2OS/c1-6-13-9(3)10-8-16-11(14-10)12(4,5)15-7-2/h8-9,13H,6-7H2,1-5H3. The molecule has 0 radical (unpaired) electrons. The van der Waals surface area contributed by atoms with Crippen molar-refractivity contribution in [1.29, 1.82) is 0 Å². The zero-order valence-corrected chi connectivity index (χ0v) is 11.6. The van der Waals surface area contributed by atoms with E-state index in [0.717, 1.165) is 17.2 Å². The molecule has 0 aliphatic carbocycles. The van der Waals surface area contributed by atoms with Crippen molar-refractivity contribution < 1.29 is 4.74 Å². The van der Waals surface area contributed by atoms with Gasteiger partial charge in [0.1, 0.15) is 10.6 Å². The minimum Gasteiger partial charge on any atom is -0.369 e. The van der Waals surface area contributed by atoms with Crippen LogP contribution < -0.4 is 5.32 Å². The van der Waals surface area contributed by atoms with Gasteiger partial charge in [-0.3, -0.25) is 0 Å². The Bertz CT molecular complexity index is 323. The molecule has 0 saturated heterocycles. The third-order valence-corrected chi connectivity index (χ3v) is 3.66. The van der Waals surface area contributed by atoms with E-state index in [1.165, 1.54) is 0 Å². The Kier molecular flexibility index (Phi) is 4.89. The Morgan fingerprint density at radius 1 is 1.50 bits per heavy atom. The third kappa shape index (κ3) is 3.27. The van der Waals surface area contributed by atoms with E-state index in [2.05, 4.69) is 43.4 Å². The number of aromatic nitrogens is 1. The van der Waals surface area contributed by atoms with Crippen LogP contribution in [0.5, 0.6) is 0 Å². The van der Waals surface area contributed by atoms with E-state index in [9.17, 15) is 0 Å². The van der Waals surface area contributed by atoms with E-state index in [1.54, 1.807) is 11.3 Å². The molecule has 0 amide bonds. The average Bonchev–Trinajstić information content (AvgIpc) is 2.67. The summed E-state index contributed by atoms with van der Waals surface area (Å²) in [6.45, 7) is 12.1. The van der Waals surface area contributed by atoms with Crippen LogP contribution in [0, 0.1) is 0 Å². The Balaban J connectivity index is 2.78.